The van der Waals surface area contributed by atoms with Crippen molar-refractivity contribution in [3.05, 3.63) is 66.7 Å². The van der Waals surface area contributed by atoms with Gasteiger partial charge in [-0.05, 0) is 32.9 Å². The van der Waals surface area contributed by atoms with Crippen LogP contribution in [-0.2, 0) is 14.3 Å². The van der Waals surface area contributed by atoms with E-state index >= 15 is 0 Å². The quantitative estimate of drug-likeness (QED) is 0.543. The largest absolute Gasteiger partial charge is 0.467 e. The Morgan fingerprint density at radius 3 is 2.24 bits per heavy atom. The van der Waals surface area contributed by atoms with Crippen LogP contribution < -0.4 is 4.90 Å². The molecule has 1 atom stereocenters. The number of aromatic nitrogens is 2. The Hall–Kier alpha value is -3.81. The minimum atomic E-state index is -0.796. The Morgan fingerprint density at radius 2 is 1.62 bits per heavy atom. The van der Waals surface area contributed by atoms with Crippen molar-refractivity contribution < 1.29 is 19.1 Å². The number of ether oxygens (including phenoxy) is 2. The molecule has 1 fully saturated rings. The van der Waals surface area contributed by atoms with Crippen LogP contribution in [0.4, 0.5) is 10.6 Å². The summed E-state index contributed by atoms with van der Waals surface area (Å²) in [4.78, 5) is 28.8. The first-order valence-corrected chi connectivity index (χ1v) is 11.3. The van der Waals surface area contributed by atoms with E-state index in [-0.39, 0.29) is 6.54 Å². The van der Waals surface area contributed by atoms with Crippen molar-refractivity contribution in [3.8, 4) is 16.9 Å². The zero-order valence-electron chi connectivity index (χ0n) is 20.0. The lowest BCUT2D eigenvalue weighted by Crippen LogP contribution is -2.59. The van der Waals surface area contributed by atoms with E-state index in [4.69, 9.17) is 14.6 Å². The van der Waals surface area contributed by atoms with Gasteiger partial charge in [0, 0.05) is 24.7 Å². The van der Waals surface area contributed by atoms with E-state index in [9.17, 15) is 9.59 Å². The van der Waals surface area contributed by atoms with Gasteiger partial charge in [-0.25, -0.2) is 14.3 Å². The van der Waals surface area contributed by atoms with Crippen LogP contribution in [0.1, 0.15) is 20.8 Å². The minimum absolute atomic E-state index is 0.256. The average Bonchev–Trinajstić information content (AvgIpc) is 3.29. The second-order valence-electron chi connectivity index (χ2n) is 9.16. The number of piperazine rings is 1. The van der Waals surface area contributed by atoms with Crippen molar-refractivity contribution in [2.24, 2.45) is 0 Å². The van der Waals surface area contributed by atoms with Crippen LogP contribution in [0.25, 0.3) is 16.9 Å². The number of methoxy groups -OCH3 is 1. The van der Waals surface area contributed by atoms with E-state index in [0.717, 1.165) is 22.8 Å². The van der Waals surface area contributed by atoms with Crippen LogP contribution in [0.15, 0.2) is 66.7 Å². The molecule has 0 N–H and O–H groups in total. The van der Waals surface area contributed by atoms with Gasteiger partial charge in [-0.2, -0.15) is 0 Å². The standard InChI is InChI=1S/C26H30N4O4/c1-26(2,3)34-25(32)29-16-15-28(18-22(29)24(31)33-4)23-17-21(19-11-7-5-8-12-19)30(27-23)20-13-9-6-10-14-20/h5-14,17,22H,15-16,18H2,1-4H3/t22-/m0/s1. The van der Waals surface area contributed by atoms with Gasteiger partial charge in [-0.15, -0.1) is 5.10 Å². The number of rotatable bonds is 4. The predicted octanol–water partition coefficient (Wildman–Crippen LogP) is 4.14. The smallest absolute Gasteiger partial charge is 0.411 e. The summed E-state index contributed by atoms with van der Waals surface area (Å²) in [5, 5.41) is 4.89. The molecule has 1 aliphatic heterocycles. The Labute approximate surface area is 199 Å². The Balaban J connectivity index is 1.66. The SMILES string of the molecule is COC(=O)[C@@H]1CN(c2cc(-c3ccccc3)n(-c3ccccc3)n2)CCN1C(=O)OC(C)(C)C. The van der Waals surface area contributed by atoms with Gasteiger partial charge in [0.1, 0.15) is 5.60 Å². The van der Waals surface area contributed by atoms with Crippen molar-refractivity contribution in [1.29, 1.82) is 0 Å². The summed E-state index contributed by atoms with van der Waals surface area (Å²) >= 11 is 0. The number of benzene rings is 2. The number of carbonyl (C=O) groups excluding carboxylic acids is 2. The van der Waals surface area contributed by atoms with E-state index in [2.05, 4.69) is 0 Å². The summed E-state index contributed by atoms with van der Waals surface area (Å²) in [7, 11) is 1.33. The number of hydrogen-bond donors (Lipinski definition) is 0. The van der Waals surface area contributed by atoms with Crippen molar-refractivity contribution in [1.82, 2.24) is 14.7 Å². The first-order chi connectivity index (χ1) is 16.3. The van der Waals surface area contributed by atoms with E-state index in [1.54, 1.807) is 20.8 Å². The Morgan fingerprint density at radius 1 is 0.971 bits per heavy atom. The number of hydrogen-bond acceptors (Lipinski definition) is 6. The van der Waals surface area contributed by atoms with Crippen LogP contribution in [0.3, 0.4) is 0 Å². The number of amides is 1. The lowest BCUT2D eigenvalue weighted by molar-refractivity contribution is -0.147. The zero-order valence-corrected chi connectivity index (χ0v) is 20.0. The maximum Gasteiger partial charge on any atom is 0.411 e. The molecule has 4 rings (SSSR count). The van der Waals surface area contributed by atoms with Gasteiger partial charge in [-0.1, -0.05) is 48.5 Å². The molecule has 0 spiro atoms. The molecule has 1 aliphatic rings. The van der Waals surface area contributed by atoms with Gasteiger partial charge < -0.3 is 14.4 Å². The lowest BCUT2D eigenvalue weighted by atomic mass is 10.1. The number of esters is 1. The molecule has 0 radical (unpaired) electrons. The summed E-state index contributed by atoms with van der Waals surface area (Å²) < 4.78 is 12.4. The number of anilines is 1. The molecule has 3 aromatic rings. The van der Waals surface area contributed by atoms with Gasteiger partial charge in [0.25, 0.3) is 0 Å². The predicted molar refractivity (Wildman–Crippen MR) is 130 cm³/mol. The van der Waals surface area contributed by atoms with Gasteiger partial charge in [0.2, 0.25) is 0 Å². The maximum absolute atomic E-state index is 12.8. The highest BCUT2D eigenvalue weighted by Gasteiger charge is 2.39. The summed E-state index contributed by atoms with van der Waals surface area (Å²) in [6.07, 6.45) is -0.526. The highest BCUT2D eigenvalue weighted by Crippen LogP contribution is 2.29. The van der Waals surface area contributed by atoms with Crippen LogP contribution in [0, 0.1) is 0 Å². The molecule has 1 amide bonds. The molecule has 0 unspecified atom stereocenters. The van der Waals surface area contributed by atoms with Crippen molar-refractivity contribution >= 4 is 17.9 Å². The molecule has 0 saturated carbocycles. The first kappa shape index (κ1) is 23.4. The van der Waals surface area contributed by atoms with E-state index in [1.165, 1.54) is 12.0 Å². The second kappa shape index (κ2) is 9.59. The third-order valence-corrected chi connectivity index (χ3v) is 5.57. The molecule has 34 heavy (non-hydrogen) atoms. The van der Waals surface area contributed by atoms with Gasteiger partial charge in [0.05, 0.1) is 25.0 Å². The molecule has 2 aromatic carbocycles. The normalized spacial score (nSPS) is 16.3. The first-order valence-electron chi connectivity index (χ1n) is 11.3. The fourth-order valence-electron chi connectivity index (χ4n) is 3.97. The lowest BCUT2D eigenvalue weighted by Gasteiger charge is -2.40. The highest BCUT2D eigenvalue weighted by molar-refractivity contribution is 5.83. The molecule has 178 valence electrons. The molecule has 8 heteroatoms. The van der Waals surface area contributed by atoms with Crippen molar-refractivity contribution in [3.63, 3.8) is 0 Å². The number of carbonyl (C=O) groups is 2. The van der Waals surface area contributed by atoms with Crippen molar-refractivity contribution in [2.75, 3.05) is 31.6 Å². The van der Waals surface area contributed by atoms with Crippen LogP contribution in [0.5, 0.6) is 0 Å². The monoisotopic (exact) mass is 462 g/mol. The molecule has 8 nitrogen and oxygen atoms in total. The summed E-state index contributed by atoms with van der Waals surface area (Å²) in [6, 6.07) is 21.2. The van der Waals surface area contributed by atoms with Crippen LogP contribution in [-0.4, -0.2) is 65.1 Å². The molecule has 0 aliphatic carbocycles. The minimum Gasteiger partial charge on any atom is -0.467 e. The number of nitrogens with zero attached hydrogens (tertiary/aromatic N) is 4. The van der Waals surface area contributed by atoms with Crippen LogP contribution >= 0.6 is 0 Å². The molecular weight excluding hydrogens is 432 g/mol. The number of para-hydroxylation sites is 1. The van der Waals surface area contributed by atoms with E-state index in [1.807, 2.05) is 76.3 Å². The third-order valence-electron chi connectivity index (χ3n) is 5.57. The van der Waals surface area contributed by atoms with Crippen LogP contribution in [0.2, 0.25) is 0 Å². The van der Waals surface area contributed by atoms with Gasteiger partial charge >= 0.3 is 12.1 Å². The Bertz CT molecular complexity index is 1080. The third kappa shape index (κ3) is 5.06. The Kier molecular flexibility index (Phi) is 6.58. The molecule has 1 saturated heterocycles. The summed E-state index contributed by atoms with van der Waals surface area (Å²) in [5.74, 6) is 0.238. The highest BCUT2D eigenvalue weighted by atomic mass is 16.6. The molecular formula is C26H30N4O4. The fourth-order valence-corrected chi connectivity index (χ4v) is 3.97. The summed E-state index contributed by atoms with van der Waals surface area (Å²) in [5.41, 5.74) is 2.24. The van der Waals surface area contributed by atoms with Gasteiger partial charge in [-0.3, -0.25) is 4.90 Å². The topological polar surface area (TPSA) is 76.9 Å². The van der Waals surface area contributed by atoms with E-state index in [0.29, 0.717) is 13.1 Å². The maximum atomic E-state index is 12.8. The van der Waals surface area contributed by atoms with Crippen molar-refractivity contribution in [2.45, 2.75) is 32.4 Å². The zero-order chi connectivity index (χ0) is 24.3. The average molecular weight is 463 g/mol. The fraction of sp³-hybridized carbons (Fsp3) is 0.346. The van der Waals surface area contributed by atoms with Gasteiger partial charge in [0.15, 0.2) is 11.9 Å². The molecule has 0 bridgehead atoms. The van der Waals surface area contributed by atoms with E-state index < -0.39 is 23.7 Å². The molecule has 2 heterocycles. The summed E-state index contributed by atoms with van der Waals surface area (Å²) in [6.45, 7) is 6.48. The molecule has 1 aromatic heterocycles. The second-order valence-corrected chi connectivity index (χ2v) is 9.16.